The van der Waals surface area contributed by atoms with Gasteiger partial charge in [0.05, 0.1) is 37.0 Å². The molecule has 2 fully saturated rings. The van der Waals surface area contributed by atoms with E-state index in [2.05, 4.69) is 40.2 Å². The lowest BCUT2D eigenvalue weighted by molar-refractivity contribution is -0.128. The summed E-state index contributed by atoms with van der Waals surface area (Å²) in [5.41, 5.74) is 2.87. The zero-order chi connectivity index (χ0) is 47.1. The van der Waals surface area contributed by atoms with Crippen molar-refractivity contribution in [1.29, 1.82) is 0 Å². The highest BCUT2D eigenvalue weighted by Gasteiger charge is 2.57. The van der Waals surface area contributed by atoms with Crippen LogP contribution in [0.3, 0.4) is 0 Å². The van der Waals surface area contributed by atoms with Crippen molar-refractivity contribution in [1.82, 2.24) is 49.3 Å². The predicted molar refractivity (Wildman–Crippen MR) is 260 cm³/mol. The number of thiazole rings is 2. The molecule has 0 unspecified atom stereocenters. The van der Waals surface area contributed by atoms with E-state index >= 15 is 0 Å². The van der Waals surface area contributed by atoms with Gasteiger partial charge < -0.3 is 39.8 Å². The van der Waals surface area contributed by atoms with Gasteiger partial charge in [0.1, 0.15) is 10.0 Å². The number of amides is 2. The standard InChI is InChI=1S/2C24H33N5O3S/c2*1-4-6-16-7-8-18-22-21(23(31)26-9-5-11-27(2)3)17(15-30)19(13-29(18)24(16)32)28(22)14-20-25-10-12-33-20/h2*4,6-8,10,12,17,19,21-22,30H,5,9,11,13-15H2,1-3H3,(H,26,31)/b6-4+;6-4-/t2*17-,19-,21+,22+/m00/s1. The Morgan fingerprint density at radius 2 is 1.11 bits per heavy atom. The topological polar surface area (TPSA) is 181 Å². The average Bonchev–Trinajstić information content (AvgIpc) is 4.09. The predicted octanol–water partition coefficient (Wildman–Crippen LogP) is 3.14. The molecular weight excluding hydrogens is 877 g/mol. The summed E-state index contributed by atoms with van der Waals surface area (Å²) in [4.78, 5) is 70.9. The maximum absolute atomic E-state index is 13.4. The summed E-state index contributed by atoms with van der Waals surface area (Å²) in [6, 6.07) is 6.82. The number of aliphatic hydroxyl groups excluding tert-OH is 2. The molecule has 356 valence electrons. The smallest absolute Gasteiger partial charge is 0.258 e. The lowest BCUT2D eigenvalue weighted by Crippen LogP contribution is -2.46. The Labute approximate surface area is 395 Å². The fraction of sp³-hybridized carbons (Fsp3) is 0.542. The first kappa shape index (κ1) is 49.3. The fourth-order valence-electron chi connectivity index (χ4n) is 10.6. The van der Waals surface area contributed by atoms with Gasteiger partial charge in [-0.05, 0) is 92.2 Å². The van der Waals surface area contributed by atoms with Crippen molar-refractivity contribution in [2.75, 3.05) is 67.6 Å². The van der Waals surface area contributed by atoms with Gasteiger partial charge in [-0.25, -0.2) is 9.97 Å². The van der Waals surface area contributed by atoms with Crippen LogP contribution in [0.15, 0.2) is 69.2 Å². The van der Waals surface area contributed by atoms with Crippen LogP contribution >= 0.6 is 22.7 Å². The molecule has 0 saturated carbocycles. The molecular formula is C48H66N10O6S2. The van der Waals surface area contributed by atoms with Crippen LogP contribution in [0.1, 0.15) is 71.3 Å². The van der Waals surface area contributed by atoms with Crippen molar-refractivity contribution >= 4 is 46.6 Å². The lowest BCUT2D eigenvalue weighted by Gasteiger charge is -2.37. The zero-order valence-corrected chi connectivity index (χ0v) is 40.6. The van der Waals surface area contributed by atoms with Crippen molar-refractivity contribution in [3.63, 3.8) is 0 Å². The first-order valence-corrected chi connectivity index (χ1v) is 24.8. The third-order valence-corrected chi connectivity index (χ3v) is 15.0. The molecule has 4 aromatic rings. The van der Waals surface area contributed by atoms with Crippen LogP contribution in [0, 0.1) is 23.7 Å². The van der Waals surface area contributed by atoms with Crippen molar-refractivity contribution in [2.24, 2.45) is 23.7 Å². The fourth-order valence-corrected chi connectivity index (χ4v) is 11.8. The Hall–Kier alpha value is -4.66. The minimum atomic E-state index is -0.431. The quantitative estimate of drug-likeness (QED) is 0.107. The highest BCUT2D eigenvalue weighted by molar-refractivity contribution is 7.09. The van der Waals surface area contributed by atoms with E-state index < -0.39 is 11.8 Å². The van der Waals surface area contributed by atoms with E-state index in [-0.39, 0.29) is 72.1 Å². The Morgan fingerprint density at radius 1 is 0.697 bits per heavy atom. The molecule has 4 N–H and O–H groups in total. The number of carbonyl (C=O) groups is 2. The van der Waals surface area contributed by atoms with E-state index in [0.29, 0.717) is 50.4 Å². The molecule has 4 aliphatic rings. The molecule has 4 aromatic heterocycles. The summed E-state index contributed by atoms with van der Waals surface area (Å²) in [7, 11) is 8.04. The molecule has 66 heavy (non-hydrogen) atoms. The van der Waals surface area contributed by atoms with Crippen LogP contribution in [-0.4, -0.2) is 140 Å². The molecule has 4 aliphatic heterocycles. The maximum atomic E-state index is 13.4. The molecule has 8 atom stereocenters. The molecule has 0 radical (unpaired) electrons. The summed E-state index contributed by atoms with van der Waals surface area (Å²) < 4.78 is 3.62. The number of fused-ring (bicyclic) bond motifs is 8. The van der Waals surface area contributed by atoms with Crippen molar-refractivity contribution < 1.29 is 19.8 Å². The van der Waals surface area contributed by atoms with Crippen LogP contribution < -0.4 is 21.8 Å². The second-order valence-electron chi connectivity index (χ2n) is 18.1. The number of aliphatic hydroxyl groups is 2. The molecule has 0 aliphatic carbocycles. The minimum Gasteiger partial charge on any atom is -0.396 e. The maximum Gasteiger partial charge on any atom is 0.258 e. The summed E-state index contributed by atoms with van der Waals surface area (Å²) in [5.74, 6) is -1.48. The van der Waals surface area contributed by atoms with Crippen LogP contribution in [-0.2, 0) is 35.8 Å². The third-order valence-electron chi connectivity index (χ3n) is 13.5. The molecule has 8 rings (SSSR count). The molecule has 0 spiro atoms. The van der Waals surface area contributed by atoms with Gasteiger partial charge in [-0.15, -0.1) is 22.7 Å². The van der Waals surface area contributed by atoms with E-state index in [1.54, 1.807) is 35.1 Å². The van der Waals surface area contributed by atoms with Gasteiger partial charge in [0.2, 0.25) is 11.8 Å². The lowest BCUT2D eigenvalue weighted by atomic mass is 9.86. The number of nitrogens with zero attached hydrogens (tertiary/aromatic N) is 8. The van der Waals surface area contributed by atoms with Crippen LogP contribution in [0.25, 0.3) is 12.2 Å². The van der Waals surface area contributed by atoms with E-state index in [1.165, 1.54) is 0 Å². The number of hydrogen-bond donors (Lipinski definition) is 4. The normalized spacial score (nSPS) is 24.5. The highest BCUT2D eigenvalue weighted by Crippen LogP contribution is 2.50. The van der Waals surface area contributed by atoms with Crippen molar-refractivity contribution in [3.8, 4) is 0 Å². The van der Waals surface area contributed by atoms with Crippen molar-refractivity contribution in [2.45, 2.75) is 77.0 Å². The van der Waals surface area contributed by atoms with E-state index in [1.807, 2.05) is 111 Å². The van der Waals surface area contributed by atoms with Gasteiger partial charge in [0.25, 0.3) is 11.1 Å². The Bertz CT molecular complexity index is 2270. The van der Waals surface area contributed by atoms with E-state index in [9.17, 15) is 29.4 Å². The highest BCUT2D eigenvalue weighted by atomic mass is 32.1. The first-order valence-electron chi connectivity index (χ1n) is 23.0. The van der Waals surface area contributed by atoms with Gasteiger partial charge in [0.15, 0.2) is 0 Å². The average molecular weight is 943 g/mol. The second kappa shape index (κ2) is 22.4. The van der Waals surface area contributed by atoms with E-state index in [0.717, 1.165) is 47.3 Å². The molecule has 18 heteroatoms. The van der Waals surface area contributed by atoms with Gasteiger partial charge in [-0.1, -0.05) is 24.3 Å². The molecule has 0 aromatic carbocycles. The zero-order valence-electron chi connectivity index (χ0n) is 39.0. The van der Waals surface area contributed by atoms with E-state index in [4.69, 9.17) is 0 Å². The molecule has 8 heterocycles. The summed E-state index contributed by atoms with van der Waals surface area (Å²) in [6.45, 7) is 8.64. The molecule has 16 nitrogen and oxygen atoms in total. The number of nitrogens with one attached hydrogen (secondary N) is 2. The number of pyridine rings is 2. The molecule has 2 amide bonds. The summed E-state index contributed by atoms with van der Waals surface area (Å²) >= 11 is 3.16. The Morgan fingerprint density at radius 3 is 1.44 bits per heavy atom. The van der Waals surface area contributed by atoms with Gasteiger partial charge in [-0.2, -0.15) is 0 Å². The number of hydrogen-bond acceptors (Lipinski definition) is 14. The first-order chi connectivity index (χ1) is 31.9. The Kier molecular flexibility index (Phi) is 16.7. The van der Waals surface area contributed by atoms with Crippen LogP contribution in [0.4, 0.5) is 0 Å². The Balaban J connectivity index is 0.000000196. The largest absolute Gasteiger partial charge is 0.396 e. The number of carbonyl (C=O) groups excluding carboxylic acids is 2. The van der Waals surface area contributed by atoms with Gasteiger partial charge in [-0.3, -0.25) is 29.0 Å². The summed E-state index contributed by atoms with van der Waals surface area (Å²) in [5, 5.41) is 32.8. The second-order valence-corrected chi connectivity index (χ2v) is 20.1. The summed E-state index contributed by atoms with van der Waals surface area (Å²) in [6.07, 6.45) is 12.6. The SMILES string of the molecule is C/C=C/c1ccc2n(c1=O)C[C@H]1[C@H](CO)[C@@H](C(=O)NCCCN(C)C)[C@@H]2N1Cc1nccs1.C/C=C\c1ccc2n(c1=O)C[C@H]1[C@H](CO)[C@@H](C(=O)NCCCN(C)C)[C@@H]2N1Cc1nccs1. The molecule has 2 saturated heterocycles. The van der Waals surface area contributed by atoms with Gasteiger partial charge in [0, 0.05) is 109 Å². The van der Waals surface area contributed by atoms with Crippen molar-refractivity contribution in [3.05, 3.63) is 113 Å². The number of allylic oxidation sites excluding steroid dienone is 2. The van der Waals surface area contributed by atoms with Crippen LogP contribution in [0.5, 0.6) is 0 Å². The monoisotopic (exact) mass is 942 g/mol. The minimum absolute atomic E-state index is 0.0433. The van der Waals surface area contributed by atoms with Gasteiger partial charge >= 0.3 is 0 Å². The van der Waals surface area contributed by atoms with Crippen LogP contribution in [0.2, 0.25) is 0 Å². The number of aromatic nitrogens is 4. The number of rotatable bonds is 18. The molecule has 4 bridgehead atoms. The third kappa shape index (κ3) is 10.4.